The molecule has 0 aliphatic rings. The van der Waals surface area contributed by atoms with Crippen LogP contribution in [0.1, 0.15) is 95.6 Å². The molecule has 0 bridgehead atoms. The van der Waals surface area contributed by atoms with E-state index >= 15 is 0 Å². The lowest BCUT2D eigenvalue weighted by molar-refractivity contribution is 0.418. The third-order valence-corrected chi connectivity index (χ3v) is 4.81. The number of hydrogen-bond donors (Lipinski definition) is 1. The van der Waals surface area contributed by atoms with Crippen molar-refractivity contribution >= 4 is 0 Å². The SMILES string of the molecule is CCCCCCCCCCCCC(C)(N)c1ccccc1C. The van der Waals surface area contributed by atoms with E-state index in [2.05, 4.69) is 45.0 Å². The van der Waals surface area contributed by atoms with Gasteiger partial charge in [-0.3, -0.25) is 0 Å². The maximum absolute atomic E-state index is 6.55. The van der Waals surface area contributed by atoms with Crippen LogP contribution in [0, 0.1) is 6.92 Å². The van der Waals surface area contributed by atoms with E-state index < -0.39 is 0 Å². The Morgan fingerprint density at radius 1 is 0.818 bits per heavy atom. The maximum Gasteiger partial charge on any atom is 0.0383 e. The second-order valence-corrected chi connectivity index (χ2v) is 7.16. The molecular formula is C21H37N. The van der Waals surface area contributed by atoms with E-state index in [9.17, 15) is 0 Å². The quantitative estimate of drug-likeness (QED) is 0.439. The van der Waals surface area contributed by atoms with Crippen LogP contribution in [-0.2, 0) is 5.54 Å². The normalized spacial score (nSPS) is 14.0. The molecule has 0 heterocycles. The number of benzene rings is 1. The highest BCUT2D eigenvalue weighted by molar-refractivity contribution is 5.31. The summed E-state index contributed by atoms with van der Waals surface area (Å²) >= 11 is 0. The maximum atomic E-state index is 6.55. The summed E-state index contributed by atoms with van der Waals surface area (Å²) in [6.07, 6.45) is 14.9. The lowest BCUT2D eigenvalue weighted by atomic mass is 9.85. The van der Waals surface area contributed by atoms with E-state index in [4.69, 9.17) is 5.73 Å². The molecule has 1 heteroatoms. The molecule has 1 atom stereocenters. The van der Waals surface area contributed by atoms with Crippen LogP contribution in [-0.4, -0.2) is 0 Å². The van der Waals surface area contributed by atoms with Gasteiger partial charge in [0.1, 0.15) is 0 Å². The predicted octanol–water partition coefficient (Wildman–Crippen LogP) is 6.48. The zero-order chi connectivity index (χ0) is 16.3. The Balaban J connectivity index is 2.10. The van der Waals surface area contributed by atoms with Crippen LogP contribution >= 0.6 is 0 Å². The van der Waals surface area contributed by atoms with E-state index in [1.165, 1.54) is 75.3 Å². The van der Waals surface area contributed by atoms with Crippen molar-refractivity contribution in [3.05, 3.63) is 35.4 Å². The standard InChI is InChI=1S/C21H37N/c1-4-5-6-7-8-9-10-11-12-15-18-21(3,22)20-17-14-13-16-19(20)2/h13-14,16-17H,4-12,15,18,22H2,1-3H3. The first-order chi connectivity index (χ1) is 10.6. The first-order valence-electron chi connectivity index (χ1n) is 9.43. The average molecular weight is 304 g/mol. The van der Waals surface area contributed by atoms with Gasteiger partial charge in [-0.1, -0.05) is 95.4 Å². The minimum Gasteiger partial charge on any atom is -0.322 e. The number of rotatable bonds is 12. The lowest BCUT2D eigenvalue weighted by Crippen LogP contribution is -2.33. The van der Waals surface area contributed by atoms with Gasteiger partial charge in [0.05, 0.1) is 0 Å². The van der Waals surface area contributed by atoms with Gasteiger partial charge >= 0.3 is 0 Å². The summed E-state index contributed by atoms with van der Waals surface area (Å²) < 4.78 is 0. The first-order valence-corrected chi connectivity index (χ1v) is 9.43. The molecule has 0 radical (unpaired) electrons. The van der Waals surface area contributed by atoms with Crippen molar-refractivity contribution in [2.45, 2.75) is 96.9 Å². The van der Waals surface area contributed by atoms with Gasteiger partial charge in [-0.2, -0.15) is 0 Å². The number of nitrogens with two attached hydrogens (primary N) is 1. The Morgan fingerprint density at radius 2 is 1.32 bits per heavy atom. The number of unbranched alkanes of at least 4 members (excludes halogenated alkanes) is 9. The van der Waals surface area contributed by atoms with E-state index in [0.717, 1.165) is 6.42 Å². The Bertz CT molecular complexity index is 395. The fourth-order valence-electron chi connectivity index (χ4n) is 3.33. The van der Waals surface area contributed by atoms with Crippen LogP contribution < -0.4 is 5.73 Å². The fraction of sp³-hybridized carbons (Fsp3) is 0.714. The minimum absolute atomic E-state index is 0.175. The van der Waals surface area contributed by atoms with Crippen molar-refractivity contribution in [3.8, 4) is 0 Å². The van der Waals surface area contributed by atoms with Crippen molar-refractivity contribution < 1.29 is 0 Å². The molecule has 0 aliphatic heterocycles. The number of hydrogen-bond acceptors (Lipinski definition) is 1. The summed E-state index contributed by atoms with van der Waals surface area (Å²) in [4.78, 5) is 0. The molecule has 1 rings (SSSR count). The summed E-state index contributed by atoms with van der Waals surface area (Å²) in [6.45, 7) is 6.63. The van der Waals surface area contributed by atoms with Gasteiger partial charge in [-0.05, 0) is 31.4 Å². The molecule has 0 saturated heterocycles. The molecule has 126 valence electrons. The summed E-state index contributed by atoms with van der Waals surface area (Å²) in [6, 6.07) is 8.55. The van der Waals surface area contributed by atoms with E-state index in [0.29, 0.717) is 0 Å². The molecule has 0 aromatic heterocycles. The van der Waals surface area contributed by atoms with Gasteiger partial charge in [0.25, 0.3) is 0 Å². The molecule has 0 aliphatic carbocycles. The molecule has 1 unspecified atom stereocenters. The highest BCUT2D eigenvalue weighted by Crippen LogP contribution is 2.27. The van der Waals surface area contributed by atoms with Crippen LogP contribution in [0.25, 0.3) is 0 Å². The van der Waals surface area contributed by atoms with Gasteiger partial charge in [-0.25, -0.2) is 0 Å². The molecule has 0 fully saturated rings. The lowest BCUT2D eigenvalue weighted by Gasteiger charge is -2.27. The minimum atomic E-state index is -0.175. The van der Waals surface area contributed by atoms with Crippen molar-refractivity contribution in [3.63, 3.8) is 0 Å². The van der Waals surface area contributed by atoms with E-state index in [-0.39, 0.29) is 5.54 Å². The molecule has 2 N–H and O–H groups in total. The molecule has 0 amide bonds. The molecule has 1 nitrogen and oxygen atoms in total. The molecular weight excluding hydrogens is 266 g/mol. The van der Waals surface area contributed by atoms with Crippen LogP contribution in [0.2, 0.25) is 0 Å². The number of aryl methyl sites for hydroxylation is 1. The van der Waals surface area contributed by atoms with E-state index in [1.807, 2.05) is 0 Å². The summed E-state index contributed by atoms with van der Waals surface area (Å²) in [5.41, 5.74) is 9.00. The molecule has 1 aromatic carbocycles. The van der Waals surface area contributed by atoms with Crippen molar-refractivity contribution in [1.82, 2.24) is 0 Å². The zero-order valence-corrected chi connectivity index (χ0v) is 15.2. The van der Waals surface area contributed by atoms with Crippen LogP contribution in [0.3, 0.4) is 0 Å². The van der Waals surface area contributed by atoms with Crippen LogP contribution in [0.5, 0.6) is 0 Å². The molecule has 1 aromatic rings. The smallest absolute Gasteiger partial charge is 0.0383 e. The summed E-state index contributed by atoms with van der Waals surface area (Å²) in [5.74, 6) is 0. The van der Waals surface area contributed by atoms with Crippen LogP contribution in [0.4, 0.5) is 0 Å². The third-order valence-electron chi connectivity index (χ3n) is 4.81. The summed E-state index contributed by atoms with van der Waals surface area (Å²) in [5, 5.41) is 0. The Kier molecular flexibility index (Phi) is 9.47. The molecule has 0 spiro atoms. The van der Waals surface area contributed by atoms with Gasteiger partial charge in [0.2, 0.25) is 0 Å². The van der Waals surface area contributed by atoms with Gasteiger partial charge in [-0.15, -0.1) is 0 Å². The highest BCUT2D eigenvalue weighted by Gasteiger charge is 2.21. The Labute approximate surface area is 138 Å². The monoisotopic (exact) mass is 303 g/mol. The van der Waals surface area contributed by atoms with Gasteiger partial charge in [0, 0.05) is 5.54 Å². The van der Waals surface area contributed by atoms with E-state index in [1.54, 1.807) is 0 Å². The first kappa shape index (κ1) is 19.2. The topological polar surface area (TPSA) is 26.0 Å². The second-order valence-electron chi connectivity index (χ2n) is 7.16. The van der Waals surface area contributed by atoms with Gasteiger partial charge in [0.15, 0.2) is 0 Å². The second kappa shape index (κ2) is 10.8. The van der Waals surface area contributed by atoms with Crippen molar-refractivity contribution in [2.75, 3.05) is 0 Å². The molecule has 22 heavy (non-hydrogen) atoms. The van der Waals surface area contributed by atoms with Crippen molar-refractivity contribution in [1.29, 1.82) is 0 Å². The largest absolute Gasteiger partial charge is 0.322 e. The highest BCUT2D eigenvalue weighted by atomic mass is 14.7. The van der Waals surface area contributed by atoms with Crippen LogP contribution in [0.15, 0.2) is 24.3 Å². The zero-order valence-electron chi connectivity index (χ0n) is 15.2. The fourth-order valence-corrected chi connectivity index (χ4v) is 3.33. The summed E-state index contributed by atoms with van der Waals surface area (Å²) in [7, 11) is 0. The Morgan fingerprint density at radius 3 is 1.86 bits per heavy atom. The third kappa shape index (κ3) is 7.45. The van der Waals surface area contributed by atoms with Gasteiger partial charge < -0.3 is 5.73 Å². The Hall–Kier alpha value is -0.820. The van der Waals surface area contributed by atoms with Crippen molar-refractivity contribution in [2.24, 2.45) is 5.73 Å². The average Bonchev–Trinajstić information content (AvgIpc) is 2.49. The molecule has 0 saturated carbocycles. The predicted molar refractivity (Wildman–Crippen MR) is 99.2 cm³/mol.